The molecule has 2 nitrogen and oxygen atoms in total. The van der Waals surface area contributed by atoms with E-state index in [1.807, 2.05) is 13.8 Å². The lowest BCUT2D eigenvalue weighted by atomic mass is 9.76. The number of ketones is 1. The first-order valence-corrected chi connectivity index (χ1v) is 5.82. The Kier molecular flexibility index (Phi) is 4.11. The van der Waals surface area contributed by atoms with Crippen LogP contribution < -0.4 is 0 Å². The molecule has 82 valence electrons. The highest BCUT2D eigenvalue weighted by Crippen LogP contribution is 2.36. The number of carbonyl (C=O) groups excluding carboxylic acids is 1. The molecule has 1 rings (SSSR count). The molecular formula is C12H22O2. The molecule has 1 aliphatic rings. The summed E-state index contributed by atoms with van der Waals surface area (Å²) in [5.41, 5.74) is -0.429. The maximum Gasteiger partial charge on any atom is 0.164 e. The molecule has 1 aliphatic carbocycles. The number of ether oxygens (including phenoxy) is 1. The highest BCUT2D eigenvalue weighted by molar-refractivity contribution is 5.87. The van der Waals surface area contributed by atoms with Gasteiger partial charge in [-0.1, -0.05) is 20.3 Å². The van der Waals surface area contributed by atoms with Gasteiger partial charge in [-0.15, -0.1) is 0 Å². The van der Waals surface area contributed by atoms with Crippen molar-refractivity contribution in [3.05, 3.63) is 0 Å². The Morgan fingerprint density at radius 2 is 2.21 bits per heavy atom. The minimum atomic E-state index is -0.429. The van der Waals surface area contributed by atoms with Crippen LogP contribution in [0, 0.1) is 5.92 Å². The summed E-state index contributed by atoms with van der Waals surface area (Å²) in [6.07, 6.45) is 4.83. The predicted octanol–water partition coefficient (Wildman–Crippen LogP) is 2.95. The van der Waals surface area contributed by atoms with Gasteiger partial charge < -0.3 is 4.74 Å². The van der Waals surface area contributed by atoms with Crippen molar-refractivity contribution in [1.82, 2.24) is 0 Å². The fourth-order valence-electron chi connectivity index (χ4n) is 2.57. The zero-order valence-electron chi connectivity index (χ0n) is 9.64. The summed E-state index contributed by atoms with van der Waals surface area (Å²) in [4.78, 5) is 11.9. The minimum Gasteiger partial charge on any atom is -0.367 e. The molecule has 2 atom stereocenters. The first-order valence-electron chi connectivity index (χ1n) is 5.82. The second-order valence-corrected chi connectivity index (χ2v) is 4.41. The van der Waals surface area contributed by atoms with E-state index in [4.69, 9.17) is 4.74 Å². The van der Waals surface area contributed by atoms with Crippen molar-refractivity contribution < 1.29 is 9.53 Å². The highest BCUT2D eigenvalue weighted by atomic mass is 16.5. The van der Waals surface area contributed by atoms with E-state index < -0.39 is 5.60 Å². The SMILES string of the molecule is CCOC1(C(=O)CC)CCCC(C)C1. The van der Waals surface area contributed by atoms with Crippen molar-refractivity contribution in [3.63, 3.8) is 0 Å². The van der Waals surface area contributed by atoms with Gasteiger partial charge in [0.15, 0.2) is 5.78 Å². The Morgan fingerprint density at radius 1 is 1.50 bits per heavy atom. The van der Waals surface area contributed by atoms with Gasteiger partial charge in [0.1, 0.15) is 5.60 Å². The molecule has 0 saturated heterocycles. The fraction of sp³-hybridized carbons (Fsp3) is 0.917. The van der Waals surface area contributed by atoms with Crippen LogP contribution in [0.1, 0.15) is 52.9 Å². The van der Waals surface area contributed by atoms with Crippen molar-refractivity contribution in [2.75, 3.05) is 6.61 Å². The van der Waals surface area contributed by atoms with Gasteiger partial charge >= 0.3 is 0 Å². The van der Waals surface area contributed by atoms with Crippen LogP contribution >= 0.6 is 0 Å². The Morgan fingerprint density at radius 3 is 2.71 bits per heavy atom. The molecule has 0 N–H and O–H groups in total. The molecule has 0 aromatic carbocycles. The van der Waals surface area contributed by atoms with Crippen LogP contribution in [-0.4, -0.2) is 18.0 Å². The molecule has 1 fully saturated rings. The smallest absolute Gasteiger partial charge is 0.164 e. The second kappa shape index (κ2) is 4.92. The minimum absolute atomic E-state index is 0.297. The third kappa shape index (κ3) is 2.35. The summed E-state index contributed by atoms with van der Waals surface area (Å²) in [6.45, 7) is 6.78. The van der Waals surface area contributed by atoms with Crippen LogP contribution in [-0.2, 0) is 9.53 Å². The monoisotopic (exact) mass is 198 g/mol. The van der Waals surface area contributed by atoms with Gasteiger partial charge in [0.25, 0.3) is 0 Å². The summed E-state index contributed by atoms with van der Waals surface area (Å²) in [7, 11) is 0. The zero-order chi connectivity index (χ0) is 10.6. The number of carbonyl (C=O) groups is 1. The molecule has 0 aromatic heterocycles. The second-order valence-electron chi connectivity index (χ2n) is 4.41. The molecular weight excluding hydrogens is 176 g/mol. The number of rotatable bonds is 4. The van der Waals surface area contributed by atoms with Gasteiger partial charge in [0.2, 0.25) is 0 Å². The normalized spacial score (nSPS) is 32.9. The van der Waals surface area contributed by atoms with E-state index in [2.05, 4.69) is 6.92 Å². The Hall–Kier alpha value is -0.370. The van der Waals surface area contributed by atoms with E-state index in [0.717, 1.165) is 19.3 Å². The molecule has 2 unspecified atom stereocenters. The summed E-state index contributed by atoms with van der Waals surface area (Å²) in [6, 6.07) is 0. The molecule has 0 bridgehead atoms. The van der Waals surface area contributed by atoms with E-state index >= 15 is 0 Å². The molecule has 0 spiro atoms. The standard InChI is InChI=1S/C12H22O2/c1-4-11(13)12(14-5-2)8-6-7-10(3)9-12/h10H,4-9H2,1-3H3. The van der Waals surface area contributed by atoms with Crippen molar-refractivity contribution in [3.8, 4) is 0 Å². The average molecular weight is 198 g/mol. The Balaban J connectivity index is 2.74. The van der Waals surface area contributed by atoms with Crippen LogP contribution in [0.5, 0.6) is 0 Å². The summed E-state index contributed by atoms with van der Waals surface area (Å²) in [5, 5.41) is 0. The van der Waals surface area contributed by atoms with Gasteiger partial charge in [-0.25, -0.2) is 0 Å². The van der Waals surface area contributed by atoms with E-state index in [9.17, 15) is 4.79 Å². The van der Waals surface area contributed by atoms with Crippen LogP contribution in [0.3, 0.4) is 0 Å². The molecule has 0 heterocycles. The summed E-state index contributed by atoms with van der Waals surface area (Å²) >= 11 is 0. The lowest BCUT2D eigenvalue weighted by Crippen LogP contribution is -2.45. The Labute approximate surface area is 87.0 Å². The molecule has 0 amide bonds. The highest BCUT2D eigenvalue weighted by Gasteiger charge is 2.40. The van der Waals surface area contributed by atoms with Crippen molar-refractivity contribution in [2.45, 2.75) is 58.5 Å². The summed E-state index contributed by atoms with van der Waals surface area (Å²) in [5.74, 6) is 0.928. The van der Waals surface area contributed by atoms with Crippen molar-refractivity contribution >= 4 is 5.78 Å². The van der Waals surface area contributed by atoms with E-state index in [-0.39, 0.29) is 0 Å². The molecule has 0 aromatic rings. The average Bonchev–Trinajstić information content (AvgIpc) is 2.17. The molecule has 14 heavy (non-hydrogen) atoms. The van der Waals surface area contributed by atoms with Gasteiger partial charge in [-0.2, -0.15) is 0 Å². The first-order chi connectivity index (χ1) is 6.64. The number of hydrogen-bond acceptors (Lipinski definition) is 2. The molecule has 0 aliphatic heterocycles. The third-order valence-corrected chi connectivity index (χ3v) is 3.21. The van der Waals surface area contributed by atoms with Crippen molar-refractivity contribution in [2.24, 2.45) is 5.92 Å². The first kappa shape index (κ1) is 11.7. The van der Waals surface area contributed by atoms with Crippen molar-refractivity contribution in [1.29, 1.82) is 0 Å². The quantitative estimate of drug-likeness (QED) is 0.694. The van der Waals surface area contributed by atoms with E-state index in [1.54, 1.807) is 0 Å². The maximum atomic E-state index is 11.9. The maximum absolute atomic E-state index is 11.9. The van der Waals surface area contributed by atoms with E-state index in [0.29, 0.717) is 24.7 Å². The van der Waals surface area contributed by atoms with Crippen LogP contribution in [0.25, 0.3) is 0 Å². The number of hydrogen-bond donors (Lipinski definition) is 0. The lowest BCUT2D eigenvalue weighted by molar-refractivity contribution is -0.150. The van der Waals surface area contributed by atoms with Crippen LogP contribution in [0.15, 0.2) is 0 Å². The summed E-state index contributed by atoms with van der Waals surface area (Å²) < 4.78 is 5.74. The van der Waals surface area contributed by atoms with E-state index in [1.165, 1.54) is 6.42 Å². The third-order valence-electron chi connectivity index (χ3n) is 3.21. The van der Waals surface area contributed by atoms with Gasteiger partial charge in [-0.05, 0) is 32.1 Å². The molecule has 2 heteroatoms. The van der Waals surface area contributed by atoms with Crippen LogP contribution in [0.4, 0.5) is 0 Å². The largest absolute Gasteiger partial charge is 0.367 e. The number of Topliss-reactive ketones (excluding diaryl/α,β-unsaturated/α-hetero) is 1. The predicted molar refractivity (Wildman–Crippen MR) is 57.3 cm³/mol. The van der Waals surface area contributed by atoms with Gasteiger partial charge in [0.05, 0.1) is 0 Å². The topological polar surface area (TPSA) is 26.3 Å². The fourth-order valence-corrected chi connectivity index (χ4v) is 2.57. The lowest BCUT2D eigenvalue weighted by Gasteiger charge is -2.38. The van der Waals surface area contributed by atoms with Gasteiger partial charge in [0, 0.05) is 13.0 Å². The zero-order valence-corrected chi connectivity index (χ0v) is 9.64. The Bertz CT molecular complexity index is 196. The molecule has 1 saturated carbocycles. The molecule has 0 radical (unpaired) electrons. The van der Waals surface area contributed by atoms with Crippen LogP contribution in [0.2, 0.25) is 0 Å². The van der Waals surface area contributed by atoms with Gasteiger partial charge in [-0.3, -0.25) is 4.79 Å².